The van der Waals surface area contributed by atoms with E-state index in [4.69, 9.17) is 21.4 Å². The van der Waals surface area contributed by atoms with Gasteiger partial charge in [0.1, 0.15) is 18.0 Å². The second-order valence-electron chi connectivity index (χ2n) is 8.01. The van der Waals surface area contributed by atoms with E-state index < -0.39 is 6.10 Å². The van der Waals surface area contributed by atoms with Crippen molar-refractivity contribution >= 4 is 23.2 Å². The number of hydrogen-bond donors (Lipinski definition) is 2. The number of aryl methyl sites for hydroxylation is 2. The maximum atomic E-state index is 13.4. The molecule has 2 N–H and O–H groups in total. The quantitative estimate of drug-likeness (QED) is 0.644. The van der Waals surface area contributed by atoms with Crippen molar-refractivity contribution in [3.63, 3.8) is 0 Å². The number of para-hydroxylation sites is 1. The highest BCUT2D eigenvalue weighted by atomic mass is 35.5. The van der Waals surface area contributed by atoms with Crippen LogP contribution < -0.4 is 10.1 Å². The first-order valence-corrected chi connectivity index (χ1v) is 10.8. The van der Waals surface area contributed by atoms with Gasteiger partial charge in [-0.1, -0.05) is 30.7 Å². The number of hydrogen-bond acceptors (Lipinski definition) is 6. The number of aromatic nitrogens is 3. The fourth-order valence-corrected chi connectivity index (χ4v) is 4.56. The highest BCUT2D eigenvalue weighted by Crippen LogP contribution is 2.32. The molecule has 4 heterocycles. The number of carbonyl (C=O) groups is 1. The summed E-state index contributed by atoms with van der Waals surface area (Å²) < 4.78 is 7.79. The first kappa shape index (κ1) is 20.2. The van der Waals surface area contributed by atoms with E-state index in [0.717, 1.165) is 34.7 Å². The Morgan fingerprint density at radius 2 is 2.13 bits per heavy atom. The van der Waals surface area contributed by atoms with E-state index in [-0.39, 0.29) is 12.0 Å². The van der Waals surface area contributed by atoms with E-state index in [1.54, 1.807) is 17.0 Å². The summed E-state index contributed by atoms with van der Waals surface area (Å²) in [6.45, 7) is 5.78. The lowest BCUT2D eigenvalue weighted by Gasteiger charge is -2.21. The van der Waals surface area contributed by atoms with Gasteiger partial charge >= 0.3 is 0 Å². The van der Waals surface area contributed by atoms with Gasteiger partial charge in [-0.3, -0.25) is 4.79 Å². The Morgan fingerprint density at radius 3 is 2.87 bits per heavy atom. The third kappa shape index (κ3) is 3.35. The number of rotatable bonds is 4. The normalized spacial score (nSPS) is 20.5. The zero-order chi connectivity index (χ0) is 21.7. The molecule has 1 saturated heterocycles. The molecule has 1 amide bonds. The Bertz CT molecular complexity index is 1180. The second-order valence-corrected chi connectivity index (χ2v) is 8.39. The van der Waals surface area contributed by atoms with Crippen LogP contribution in [0.1, 0.15) is 39.9 Å². The molecular formula is C22H24ClN5O3. The average Bonchev–Trinajstić information content (AvgIpc) is 3.45. The number of halogens is 1. The SMILES string of the molecule is CCc1c(Cl)c(C)nc2c3c(nn12)CN(C(=O)c1ccccc1OC1CNCC1O)C3. The number of nitrogens with one attached hydrogen (secondary N) is 1. The summed E-state index contributed by atoms with van der Waals surface area (Å²) in [6, 6.07) is 7.17. The minimum atomic E-state index is -0.596. The van der Waals surface area contributed by atoms with Gasteiger partial charge in [-0.15, -0.1) is 0 Å². The third-order valence-corrected chi connectivity index (χ3v) is 6.47. The van der Waals surface area contributed by atoms with E-state index >= 15 is 0 Å². The fourth-order valence-electron chi connectivity index (χ4n) is 4.30. The highest BCUT2D eigenvalue weighted by Gasteiger charge is 2.33. The molecule has 162 valence electrons. The lowest BCUT2D eigenvalue weighted by atomic mass is 10.1. The van der Waals surface area contributed by atoms with Crippen LogP contribution in [0.4, 0.5) is 0 Å². The van der Waals surface area contributed by atoms with Crippen LogP contribution in [0.5, 0.6) is 5.75 Å². The van der Waals surface area contributed by atoms with Gasteiger partial charge in [-0.05, 0) is 25.5 Å². The summed E-state index contributed by atoms with van der Waals surface area (Å²) in [6.07, 6.45) is -0.228. The maximum Gasteiger partial charge on any atom is 0.258 e. The van der Waals surface area contributed by atoms with Crippen LogP contribution in [0.2, 0.25) is 5.02 Å². The first-order chi connectivity index (χ1) is 15.0. The highest BCUT2D eigenvalue weighted by molar-refractivity contribution is 6.31. The van der Waals surface area contributed by atoms with Gasteiger partial charge in [0.05, 0.1) is 40.8 Å². The molecule has 0 saturated carbocycles. The van der Waals surface area contributed by atoms with Gasteiger partial charge in [0.2, 0.25) is 0 Å². The number of aliphatic hydroxyl groups excluding tert-OH is 1. The number of nitrogens with zero attached hydrogens (tertiary/aromatic N) is 4. The van der Waals surface area contributed by atoms with Gasteiger partial charge < -0.3 is 20.1 Å². The minimum absolute atomic E-state index is 0.131. The molecule has 1 fully saturated rings. The predicted molar refractivity (Wildman–Crippen MR) is 115 cm³/mol. The summed E-state index contributed by atoms with van der Waals surface area (Å²) in [5.41, 5.74) is 4.72. The van der Waals surface area contributed by atoms with Crippen LogP contribution in [0, 0.1) is 6.92 Å². The molecule has 2 atom stereocenters. The summed E-state index contributed by atoms with van der Waals surface area (Å²) in [5.74, 6) is 0.349. The van der Waals surface area contributed by atoms with Crippen molar-refractivity contribution in [2.24, 2.45) is 0 Å². The summed E-state index contributed by atoms with van der Waals surface area (Å²) in [4.78, 5) is 19.8. The van der Waals surface area contributed by atoms with Crippen LogP contribution >= 0.6 is 11.6 Å². The lowest BCUT2D eigenvalue weighted by Crippen LogP contribution is -2.32. The van der Waals surface area contributed by atoms with Crippen LogP contribution in [-0.4, -0.2) is 55.8 Å². The Labute approximate surface area is 184 Å². The van der Waals surface area contributed by atoms with E-state index in [0.29, 0.717) is 42.5 Å². The predicted octanol–water partition coefficient (Wildman–Crippen LogP) is 2.12. The zero-order valence-electron chi connectivity index (χ0n) is 17.4. The number of β-amino-alcohol motifs (C(OH)–C–C–N with tert-alkyl or cyclic N) is 1. The van der Waals surface area contributed by atoms with Crippen LogP contribution in [0.15, 0.2) is 24.3 Å². The first-order valence-electron chi connectivity index (χ1n) is 10.5. The van der Waals surface area contributed by atoms with Gasteiger partial charge in [-0.25, -0.2) is 9.50 Å². The lowest BCUT2D eigenvalue weighted by molar-refractivity contribution is 0.0668. The number of aliphatic hydroxyl groups is 1. The number of fused-ring (bicyclic) bond motifs is 3. The smallest absolute Gasteiger partial charge is 0.258 e. The largest absolute Gasteiger partial charge is 0.486 e. The van der Waals surface area contributed by atoms with Crippen LogP contribution in [0.25, 0.3) is 5.65 Å². The van der Waals surface area contributed by atoms with E-state index in [1.807, 2.05) is 30.5 Å². The van der Waals surface area contributed by atoms with Crippen molar-refractivity contribution in [1.82, 2.24) is 24.8 Å². The minimum Gasteiger partial charge on any atom is -0.486 e. The van der Waals surface area contributed by atoms with Crippen molar-refractivity contribution in [3.8, 4) is 5.75 Å². The topological polar surface area (TPSA) is 92.0 Å². The monoisotopic (exact) mass is 441 g/mol. The fraction of sp³-hybridized carbons (Fsp3) is 0.409. The number of benzene rings is 1. The molecule has 0 spiro atoms. The number of carbonyl (C=O) groups excluding carboxylic acids is 1. The van der Waals surface area contributed by atoms with Gasteiger partial charge in [0.25, 0.3) is 5.91 Å². The molecule has 0 aliphatic carbocycles. The molecule has 8 nitrogen and oxygen atoms in total. The summed E-state index contributed by atoms with van der Waals surface area (Å²) in [5, 5.41) is 18.5. The van der Waals surface area contributed by atoms with Crippen molar-refractivity contribution in [1.29, 1.82) is 0 Å². The number of ether oxygens (including phenoxy) is 1. The Hall–Kier alpha value is -2.68. The van der Waals surface area contributed by atoms with Crippen molar-refractivity contribution in [3.05, 3.63) is 57.5 Å². The summed E-state index contributed by atoms with van der Waals surface area (Å²) >= 11 is 6.43. The van der Waals surface area contributed by atoms with Gasteiger partial charge in [-0.2, -0.15) is 5.10 Å². The van der Waals surface area contributed by atoms with Crippen molar-refractivity contribution in [2.45, 2.75) is 45.6 Å². The molecule has 0 bridgehead atoms. The molecule has 1 aromatic carbocycles. The Balaban J connectivity index is 1.43. The van der Waals surface area contributed by atoms with E-state index in [1.165, 1.54) is 0 Å². The average molecular weight is 442 g/mol. The molecule has 31 heavy (non-hydrogen) atoms. The van der Waals surface area contributed by atoms with Crippen LogP contribution in [0.3, 0.4) is 0 Å². The van der Waals surface area contributed by atoms with Crippen LogP contribution in [-0.2, 0) is 19.5 Å². The molecule has 2 aliphatic rings. The maximum absolute atomic E-state index is 13.4. The molecule has 2 aliphatic heterocycles. The molecule has 5 rings (SSSR count). The van der Waals surface area contributed by atoms with E-state index in [2.05, 4.69) is 10.3 Å². The zero-order valence-corrected chi connectivity index (χ0v) is 18.2. The molecule has 9 heteroatoms. The second kappa shape index (κ2) is 7.78. The number of amides is 1. The van der Waals surface area contributed by atoms with Gasteiger partial charge in [0.15, 0.2) is 5.65 Å². The molecule has 2 unspecified atom stereocenters. The molecule has 2 aromatic heterocycles. The third-order valence-electron chi connectivity index (χ3n) is 5.98. The molecule has 3 aromatic rings. The van der Waals surface area contributed by atoms with Crippen molar-refractivity contribution in [2.75, 3.05) is 13.1 Å². The Morgan fingerprint density at radius 1 is 1.32 bits per heavy atom. The molecule has 0 radical (unpaired) electrons. The standard InChI is InChI=1S/C22H24ClN5O3/c1-3-16-20(23)12(2)25-21-14-10-27(11-15(14)26-28(16)21)22(30)13-6-4-5-7-18(13)31-19-9-24-8-17(19)29/h4-7,17,19,24,29H,3,8-11H2,1-2H3. The van der Waals surface area contributed by atoms with Gasteiger partial charge in [0, 0.05) is 18.7 Å². The summed E-state index contributed by atoms with van der Waals surface area (Å²) in [7, 11) is 0. The molecular weight excluding hydrogens is 418 g/mol. The van der Waals surface area contributed by atoms with E-state index in [9.17, 15) is 9.90 Å². The Kier molecular flexibility index (Phi) is 5.08. The van der Waals surface area contributed by atoms with Crippen molar-refractivity contribution < 1.29 is 14.6 Å².